The van der Waals surface area contributed by atoms with Crippen molar-refractivity contribution in [2.75, 3.05) is 0 Å². The molecule has 0 unspecified atom stereocenters. The molecule has 2 aromatic carbocycles. The highest BCUT2D eigenvalue weighted by Gasteiger charge is 2.11. The Morgan fingerprint density at radius 2 is 1.61 bits per heavy atom. The number of hydrogen-bond acceptors (Lipinski definition) is 2. The van der Waals surface area contributed by atoms with Crippen LogP contribution in [0, 0.1) is 11.6 Å². The lowest BCUT2D eigenvalue weighted by molar-refractivity contribution is 0.458. The lowest BCUT2D eigenvalue weighted by Gasteiger charge is -2.11. The fourth-order valence-corrected chi connectivity index (χ4v) is 2.39. The van der Waals surface area contributed by atoms with Crippen molar-refractivity contribution in [2.45, 2.75) is 6.54 Å². The first-order valence-corrected chi connectivity index (χ1v) is 6.98. The maximum Gasteiger partial charge on any atom is 0.292 e. The molecule has 0 bridgehead atoms. The summed E-state index contributed by atoms with van der Waals surface area (Å²) in [5.74, 6) is -1.43. The molecule has 0 radical (unpaired) electrons. The van der Waals surface area contributed by atoms with Gasteiger partial charge < -0.3 is 9.67 Å². The van der Waals surface area contributed by atoms with E-state index in [9.17, 15) is 18.7 Å². The van der Waals surface area contributed by atoms with E-state index in [4.69, 9.17) is 0 Å². The highest BCUT2D eigenvalue weighted by atomic mass is 19.1. The van der Waals surface area contributed by atoms with Gasteiger partial charge in [-0.05, 0) is 18.2 Å². The topological polar surface area (TPSA) is 42.2 Å². The molecule has 3 rings (SSSR count). The molecule has 5 heteroatoms. The van der Waals surface area contributed by atoms with Gasteiger partial charge in [0.05, 0.1) is 6.54 Å². The molecule has 0 aliphatic rings. The Balaban J connectivity index is 2.10. The van der Waals surface area contributed by atoms with Gasteiger partial charge in [0.15, 0.2) is 5.75 Å². The van der Waals surface area contributed by atoms with Gasteiger partial charge in [-0.25, -0.2) is 8.78 Å². The zero-order valence-corrected chi connectivity index (χ0v) is 12.0. The van der Waals surface area contributed by atoms with Crippen LogP contribution in [-0.2, 0) is 6.54 Å². The van der Waals surface area contributed by atoms with E-state index >= 15 is 0 Å². The molecule has 0 saturated heterocycles. The third-order valence-electron chi connectivity index (χ3n) is 3.55. The summed E-state index contributed by atoms with van der Waals surface area (Å²) in [4.78, 5) is 12.0. The molecule has 0 amide bonds. The van der Waals surface area contributed by atoms with Crippen molar-refractivity contribution in [3.63, 3.8) is 0 Å². The van der Waals surface area contributed by atoms with Crippen molar-refractivity contribution < 1.29 is 13.9 Å². The molecule has 1 N–H and O–H groups in total. The van der Waals surface area contributed by atoms with E-state index in [0.717, 1.165) is 4.57 Å². The molecule has 0 atom stereocenters. The highest BCUT2D eigenvalue weighted by Crippen LogP contribution is 2.24. The second-order valence-electron chi connectivity index (χ2n) is 5.12. The van der Waals surface area contributed by atoms with Crippen molar-refractivity contribution >= 4 is 0 Å². The van der Waals surface area contributed by atoms with Gasteiger partial charge in [0, 0.05) is 22.9 Å². The predicted octanol–water partition coefficient (Wildman–Crippen LogP) is 3.55. The molecule has 1 heterocycles. The molecule has 0 spiro atoms. The number of hydrogen-bond donors (Lipinski definition) is 1. The maximum atomic E-state index is 13.9. The molecule has 0 saturated carbocycles. The number of benzene rings is 2. The number of nitrogens with zero attached hydrogens (tertiary/aromatic N) is 1. The lowest BCUT2D eigenvalue weighted by atomic mass is 10.1. The van der Waals surface area contributed by atoms with Gasteiger partial charge in [0.1, 0.15) is 11.6 Å². The summed E-state index contributed by atoms with van der Waals surface area (Å²) in [6.45, 7) is -0.0542. The Labute approximate surface area is 131 Å². The Hall–Kier alpha value is -2.95. The SMILES string of the molecule is O=c1c(O)cc(-c2ccccc2F)cn1Cc1ccccc1F. The van der Waals surface area contributed by atoms with Crippen LogP contribution in [0.2, 0.25) is 0 Å². The van der Waals surface area contributed by atoms with Crippen LogP contribution in [-0.4, -0.2) is 9.67 Å². The van der Waals surface area contributed by atoms with Crippen LogP contribution < -0.4 is 5.56 Å². The average Bonchev–Trinajstić information content (AvgIpc) is 2.54. The van der Waals surface area contributed by atoms with E-state index < -0.39 is 22.9 Å². The van der Waals surface area contributed by atoms with Crippen molar-refractivity contribution in [1.82, 2.24) is 4.57 Å². The standard InChI is InChI=1S/C18H13F2NO2/c19-15-7-3-1-5-12(15)10-21-11-13(9-17(22)18(21)23)14-6-2-4-8-16(14)20/h1-9,11,22H,10H2. The van der Waals surface area contributed by atoms with Crippen LogP contribution in [0.1, 0.15) is 5.56 Å². The minimum absolute atomic E-state index is 0.0542. The van der Waals surface area contributed by atoms with Crippen LogP contribution in [0.3, 0.4) is 0 Å². The Bertz CT molecular complexity index is 919. The van der Waals surface area contributed by atoms with Gasteiger partial charge in [-0.1, -0.05) is 36.4 Å². The molecule has 1 aromatic heterocycles. The van der Waals surface area contributed by atoms with Crippen LogP contribution in [0.15, 0.2) is 65.6 Å². The number of aromatic hydroxyl groups is 1. The van der Waals surface area contributed by atoms with Gasteiger partial charge in [-0.3, -0.25) is 4.79 Å². The minimum atomic E-state index is -0.659. The Morgan fingerprint density at radius 1 is 0.957 bits per heavy atom. The first kappa shape index (κ1) is 15.0. The third kappa shape index (κ3) is 2.99. The molecule has 3 aromatic rings. The molecular weight excluding hydrogens is 300 g/mol. The molecule has 0 aliphatic heterocycles. The van der Waals surface area contributed by atoms with Crippen molar-refractivity contribution in [3.8, 4) is 16.9 Å². The van der Waals surface area contributed by atoms with Gasteiger partial charge in [0.2, 0.25) is 0 Å². The quantitative estimate of drug-likeness (QED) is 0.803. The summed E-state index contributed by atoms with van der Waals surface area (Å²) in [5.41, 5.74) is 0.245. The summed E-state index contributed by atoms with van der Waals surface area (Å²) in [6, 6.07) is 13.3. The molecule has 23 heavy (non-hydrogen) atoms. The van der Waals surface area contributed by atoms with Crippen molar-refractivity contribution in [3.05, 3.63) is 88.3 Å². The Morgan fingerprint density at radius 3 is 2.30 bits per heavy atom. The zero-order valence-electron chi connectivity index (χ0n) is 12.0. The van der Waals surface area contributed by atoms with Crippen molar-refractivity contribution in [1.29, 1.82) is 0 Å². The summed E-state index contributed by atoms with van der Waals surface area (Å²) in [5, 5.41) is 9.83. The van der Waals surface area contributed by atoms with E-state index in [2.05, 4.69) is 0 Å². The second kappa shape index (κ2) is 6.04. The summed E-state index contributed by atoms with van der Waals surface area (Å²) in [7, 11) is 0. The number of pyridine rings is 1. The highest BCUT2D eigenvalue weighted by molar-refractivity contribution is 5.64. The Kier molecular flexibility index (Phi) is 3.93. The molecule has 3 nitrogen and oxygen atoms in total. The molecule has 0 fully saturated rings. The van der Waals surface area contributed by atoms with E-state index in [1.165, 1.54) is 24.4 Å². The fraction of sp³-hybridized carbons (Fsp3) is 0.0556. The average molecular weight is 313 g/mol. The van der Waals surface area contributed by atoms with E-state index in [1.807, 2.05) is 0 Å². The first-order valence-electron chi connectivity index (χ1n) is 6.98. The van der Waals surface area contributed by atoms with Crippen molar-refractivity contribution in [2.24, 2.45) is 0 Å². The van der Waals surface area contributed by atoms with Crippen LogP contribution >= 0.6 is 0 Å². The monoisotopic (exact) mass is 313 g/mol. The minimum Gasteiger partial charge on any atom is -0.503 e. The number of rotatable bonds is 3. The number of aromatic nitrogens is 1. The maximum absolute atomic E-state index is 13.9. The van der Waals surface area contributed by atoms with Gasteiger partial charge in [-0.2, -0.15) is 0 Å². The fourth-order valence-electron chi connectivity index (χ4n) is 2.39. The molecular formula is C18H13F2NO2. The van der Waals surface area contributed by atoms with E-state index in [-0.39, 0.29) is 12.1 Å². The van der Waals surface area contributed by atoms with Gasteiger partial charge in [0.25, 0.3) is 5.56 Å². The molecule has 116 valence electrons. The van der Waals surface area contributed by atoms with E-state index in [1.54, 1.807) is 36.4 Å². The predicted molar refractivity (Wildman–Crippen MR) is 83.3 cm³/mol. The normalized spacial score (nSPS) is 10.7. The van der Waals surface area contributed by atoms with Crippen LogP contribution in [0.4, 0.5) is 8.78 Å². The summed E-state index contributed by atoms with van der Waals surface area (Å²) < 4.78 is 28.8. The molecule has 0 aliphatic carbocycles. The third-order valence-corrected chi connectivity index (χ3v) is 3.55. The summed E-state index contributed by atoms with van der Waals surface area (Å²) >= 11 is 0. The number of halogens is 2. The van der Waals surface area contributed by atoms with Gasteiger partial charge >= 0.3 is 0 Å². The van der Waals surface area contributed by atoms with Gasteiger partial charge in [-0.15, -0.1) is 0 Å². The van der Waals surface area contributed by atoms with Crippen LogP contribution in [0.25, 0.3) is 11.1 Å². The summed E-state index contributed by atoms with van der Waals surface area (Å²) in [6.07, 6.45) is 1.41. The smallest absolute Gasteiger partial charge is 0.292 e. The van der Waals surface area contributed by atoms with E-state index in [0.29, 0.717) is 11.1 Å². The van der Waals surface area contributed by atoms with Crippen LogP contribution in [0.5, 0.6) is 5.75 Å². The second-order valence-corrected chi connectivity index (χ2v) is 5.12. The zero-order chi connectivity index (χ0) is 16.4. The lowest BCUT2D eigenvalue weighted by Crippen LogP contribution is -2.20. The largest absolute Gasteiger partial charge is 0.503 e. The first-order chi connectivity index (χ1) is 11.1.